The second kappa shape index (κ2) is 6.93. The number of likely N-dealkylation sites (N-methyl/N-ethyl adjacent to an activating group) is 1. The number of rotatable bonds is 7. The van der Waals surface area contributed by atoms with E-state index in [1.807, 2.05) is 6.92 Å². The number of aromatic nitrogens is 2. The normalized spacial score (nSPS) is 11.5. The van der Waals surface area contributed by atoms with Gasteiger partial charge in [-0.15, -0.1) is 0 Å². The number of anilines is 1. The van der Waals surface area contributed by atoms with Crippen molar-refractivity contribution in [2.24, 2.45) is 0 Å². The standard InChI is InChI=1S/C13H17ClN4O2S/c1-2-15-7-8-18-10-11(9-16-18)21(19,20)17-13-6-4-3-5-12(13)14/h3-6,9-10,15,17H,2,7-8H2,1H3. The van der Waals surface area contributed by atoms with E-state index in [-0.39, 0.29) is 4.90 Å². The van der Waals surface area contributed by atoms with Crippen LogP contribution in [-0.4, -0.2) is 31.3 Å². The molecule has 0 unspecified atom stereocenters. The molecule has 2 rings (SSSR count). The fourth-order valence-corrected chi connectivity index (χ4v) is 2.99. The molecule has 2 aromatic rings. The Bertz CT molecular complexity index is 700. The van der Waals surface area contributed by atoms with Crippen LogP contribution in [0.4, 0.5) is 5.69 Å². The minimum Gasteiger partial charge on any atom is -0.315 e. The Hall–Kier alpha value is -1.57. The summed E-state index contributed by atoms with van der Waals surface area (Å²) in [6.45, 7) is 4.21. The van der Waals surface area contributed by atoms with Gasteiger partial charge in [-0.25, -0.2) is 8.42 Å². The van der Waals surface area contributed by atoms with E-state index >= 15 is 0 Å². The van der Waals surface area contributed by atoms with E-state index in [2.05, 4.69) is 15.1 Å². The summed E-state index contributed by atoms with van der Waals surface area (Å²) in [6.07, 6.45) is 2.82. The molecule has 21 heavy (non-hydrogen) atoms. The van der Waals surface area contributed by atoms with Gasteiger partial charge in [0.15, 0.2) is 0 Å². The molecule has 0 saturated carbocycles. The monoisotopic (exact) mass is 328 g/mol. The minimum atomic E-state index is -3.68. The van der Waals surface area contributed by atoms with Gasteiger partial charge in [0.1, 0.15) is 4.90 Å². The van der Waals surface area contributed by atoms with Gasteiger partial charge < -0.3 is 5.32 Å². The largest absolute Gasteiger partial charge is 0.315 e. The molecule has 8 heteroatoms. The van der Waals surface area contributed by atoms with Gasteiger partial charge in [-0.2, -0.15) is 5.10 Å². The third-order valence-corrected chi connectivity index (χ3v) is 4.46. The molecule has 0 amide bonds. The number of benzene rings is 1. The van der Waals surface area contributed by atoms with Crippen LogP contribution in [0.15, 0.2) is 41.6 Å². The molecule has 0 saturated heterocycles. The molecule has 1 heterocycles. The molecule has 1 aromatic heterocycles. The zero-order valence-corrected chi connectivity index (χ0v) is 13.2. The predicted octanol–water partition coefficient (Wildman–Crippen LogP) is 1.95. The number of halogens is 1. The summed E-state index contributed by atoms with van der Waals surface area (Å²) in [5.41, 5.74) is 0.347. The van der Waals surface area contributed by atoms with Gasteiger partial charge in [0, 0.05) is 12.7 Å². The quantitative estimate of drug-likeness (QED) is 0.762. The van der Waals surface area contributed by atoms with Gasteiger partial charge in [-0.3, -0.25) is 9.40 Å². The Balaban J connectivity index is 2.11. The summed E-state index contributed by atoms with van der Waals surface area (Å²) >= 11 is 5.95. The van der Waals surface area contributed by atoms with Crippen molar-refractivity contribution in [2.45, 2.75) is 18.4 Å². The van der Waals surface area contributed by atoms with Crippen molar-refractivity contribution in [1.82, 2.24) is 15.1 Å². The highest BCUT2D eigenvalue weighted by Crippen LogP contribution is 2.23. The fourth-order valence-electron chi connectivity index (χ4n) is 1.72. The molecular formula is C13H17ClN4O2S. The van der Waals surface area contributed by atoms with Crippen LogP contribution in [-0.2, 0) is 16.6 Å². The fraction of sp³-hybridized carbons (Fsp3) is 0.308. The van der Waals surface area contributed by atoms with Gasteiger partial charge in [0.25, 0.3) is 10.0 Å². The molecule has 0 aliphatic carbocycles. The lowest BCUT2D eigenvalue weighted by atomic mass is 10.3. The third kappa shape index (κ3) is 4.20. The first-order valence-electron chi connectivity index (χ1n) is 6.53. The predicted molar refractivity (Wildman–Crippen MR) is 83.0 cm³/mol. The lowest BCUT2D eigenvalue weighted by Gasteiger charge is -2.07. The van der Waals surface area contributed by atoms with Crippen LogP contribution in [0.2, 0.25) is 5.02 Å². The zero-order chi connectivity index (χ0) is 15.3. The summed E-state index contributed by atoms with van der Waals surface area (Å²) in [4.78, 5) is 0.110. The highest BCUT2D eigenvalue weighted by Gasteiger charge is 2.17. The summed E-state index contributed by atoms with van der Waals surface area (Å²) in [6, 6.07) is 6.68. The Morgan fingerprint density at radius 1 is 1.33 bits per heavy atom. The molecule has 0 atom stereocenters. The molecule has 0 bridgehead atoms. The summed E-state index contributed by atoms with van der Waals surface area (Å²) in [5, 5.41) is 7.54. The average molecular weight is 329 g/mol. The lowest BCUT2D eigenvalue weighted by Crippen LogP contribution is -2.19. The van der Waals surface area contributed by atoms with Gasteiger partial charge in [0.05, 0.1) is 23.5 Å². The molecular weight excluding hydrogens is 312 g/mol. The number of nitrogens with one attached hydrogen (secondary N) is 2. The van der Waals surface area contributed by atoms with Crippen molar-refractivity contribution in [3.05, 3.63) is 41.7 Å². The Labute approximate surface area is 129 Å². The topological polar surface area (TPSA) is 76.0 Å². The molecule has 1 aromatic carbocycles. The number of hydrogen-bond acceptors (Lipinski definition) is 4. The Morgan fingerprint density at radius 3 is 2.81 bits per heavy atom. The molecule has 0 fully saturated rings. The van der Waals surface area contributed by atoms with Crippen molar-refractivity contribution in [3.63, 3.8) is 0 Å². The van der Waals surface area contributed by atoms with Crippen LogP contribution >= 0.6 is 11.6 Å². The van der Waals surface area contributed by atoms with Crippen molar-refractivity contribution in [3.8, 4) is 0 Å². The molecule has 6 nitrogen and oxygen atoms in total. The number of nitrogens with zero attached hydrogens (tertiary/aromatic N) is 2. The number of sulfonamides is 1. The maximum Gasteiger partial charge on any atom is 0.265 e. The second-order valence-electron chi connectivity index (χ2n) is 4.38. The first kappa shape index (κ1) is 15.8. The Morgan fingerprint density at radius 2 is 2.10 bits per heavy atom. The number of hydrogen-bond donors (Lipinski definition) is 2. The summed E-state index contributed by atoms with van der Waals surface area (Å²) < 4.78 is 28.6. The van der Waals surface area contributed by atoms with Crippen LogP contribution in [0.25, 0.3) is 0 Å². The van der Waals surface area contributed by atoms with Crippen LogP contribution in [0, 0.1) is 0 Å². The highest BCUT2D eigenvalue weighted by molar-refractivity contribution is 7.92. The maximum absolute atomic E-state index is 12.3. The minimum absolute atomic E-state index is 0.110. The third-order valence-electron chi connectivity index (χ3n) is 2.81. The zero-order valence-electron chi connectivity index (χ0n) is 11.6. The smallest absolute Gasteiger partial charge is 0.265 e. The van der Waals surface area contributed by atoms with Crippen molar-refractivity contribution in [2.75, 3.05) is 17.8 Å². The summed E-state index contributed by atoms with van der Waals surface area (Å²) in [7, 11) is -3.68. The van der Waals surface area contributed by atoms with E-state index in [0.29, 0.717) is 17.3 Å². The van der Waals surface area contributed by atoms with E-state index < -0.39 is 10.0 Å². The Kier molecular flexibility index (Phi) is 5.22. The lowest BCUT2D eigenvalue weighted by molar-refractivity contribution is 0.564. The summed E-state index contributed by atoms with van der Waals surface area (Å²) in [5.74, 6) is 0. The van der Waals surface area contributed by atoms with Crippen molar-refractivity contribution < 1.29 is 8.42 Å². The van der Waals surface area contributed by atoms with Crippen LogP contribution in [0.5, 0.6) is 0 Å². The molecule has 0 aliphatic heterocycles. The first-order chi connectivity index (χ1) is 10.0. The first-order valence-corrected chi connectivity index (χ1v) is 8.39. The SMILES string of the molecule is CCNCCn1cc(S(=O)(=O)Nc2ccccc2Cl)cn1. The number of para-hydroxylation sites is 1. The van der Waals surface area contributed by atoms with E-state index in [4.69, 9.17) is 11.6 Å². The molecule has 0 aliphatic rings. The van der Waals surface area contributed by atoms with Gasteiger partial charge in [-0.05, 0) is 18.7 Å². The van der Waals surface area contributed by atoms with Crippen molar-refractivity contribution in [1.29, 1.82) is 0 Å². The molecule has 0 spiro atoms. The van der Waals surface area contributed by atoms with Gasteiger partial charge in [-0.1, -0.05) is 30.7 Å². The van der Waals surface area contributed by atoms with Gasteiger partial charge >= 0.3 is 0 Å². The molecule has 114 valence electrons. The molecule has 2 N–H and O–H groups in total. The second-order valence-corrected chi connectivity index (χ2v) is 6.47. The van der Waals surface area contributed by atoms with Gasteiger partial charge in [0.2, 0.25) is 0 Å². The average Bonchev–Trinajstić information content (AvgIpc) is 2.91. The van der Waals surface area contributed by atoms with Crippen LogP contribution in [0.3, 0.4) is 0 Å². The van der Waals surface area contributed by atoms with Crippen molar-refractivity contribution >= 4 is 27.3 Å². The van der Waals surface area contributed by atoms with E-state index in [1.54, 1.807) is 28.9 Å². The van der Waals surface area contributed by atoms with E-state index in [9.17, 15) is 8.42 Å². The van der Waals surface area contributed by atoms with E-state index in [0.717, 1.165) is 13.1 Å². The van der Waals surface area contributed by atoms with Crippen LogP contribution in [0.1, 0.15) is 6.92 Å². The van der Waals surface area contributed by atoms with Crippen LogP contribution < -0.4 is 10.0 Å². The highest BCUT2D eigenvalue weighted by atomic mass is 35.5. The van der Waals surface area contributed by atoms with E-state index in [1.165, 1.54) is 12.4 Å². The maximum atomic E-state index is 12.3. The molecule has 0 radical (unpaired) electrons.